The van der Waals surface area contributed by atoms with Crippen molar-refractivity contribution < 1.29 is 4.74 Å². The van der Waals surface area contributed by atoms with Gasteiger partial charge in [-0.1, -0.05) is 0 Å². The second kappa shape index (κ2) is 5.86. The Kier molecular flexibility index (Phi) is 4.76. The largest absolute Gasteiger partial charge is 0.478 e. The third-order valence-electron chi connectivity index (χ3n) is 2.48. The van der Waals surface area contributed by atoms with Crippen LogP contribution in [0.5, 0.6) is 5.88 Å². The van der Waals surface area contributed by atoms with E-state index in [0.29, 0.717) is 13.2 Å². The maximum Gasteiger partial charge on any atom is 0.216 e. The summed E-state index contributed by atoms with van der Waals surface area (Å²) in [5, 5.41) is 4.30. The van der Waals surface area contributed by atoms with E-state index in [1.54, 1.807) is 4.68 Å². The molecular formula is C11H22N4O. The van der Waals surface area contributed by atoms with Gasteiger partial charge in [0.05, 0.1) is 17.9 Å². The van der Waals surface area contributed by atoms with Crippen LogP contribution in [0.2, 0.25) is 0 Å². The van der Waals surface area contributed by atoms with Crippen LogP contribution in [0.3, 0.4) is 0 Å². The Balaban J connectivity index is 2.53. The maximum absolute atomic E-state index is 5.72. The molecule has 92 valence electrons. The van der Waals surface area contributed by atoms with Crippen molar-refractivity contribution >= 4 is 0 Å². The molecule has 0 aromatic carbocycles. The molecule has 0 saturated carbocycles. The van der Waals surface area contributed by atoms with Crippen molar-refractivity contribution in [3.63, 3.8) is 0 Å². The molecule has 1 heterocycles. The van der Waals surface area contributed by atoms with Crippen molar-refractivity contribution in [1.82, 2.24) is 14.7 Å². The van der Waals surface area contributed by atoms with Crippen molar-refractivity contribution in [1.29, 1.82) is 0 Å². The lowest BCUT2D eigenvalue weighted by Gasteiger charge is -2.11. The third-order valence-corrected chi connectivity index (χ3v) is 2.48. The summed E-state index contributed by atoms with van der Waals surface area (Å²) >= 11 is 0. The quantitative estimate of drug-likeness (QED) is 0.718. The molecule has 0 unspecified atom stereocenters. The molecule has 0 aliphatic carbocycles. The second-order valence-corrected chi connectivity index (χ2v) is 4.20. The van der Waals surface area contributed by atoms with Crippen LogP contribution >= 0.6 is 0 Å². The van der Waals surface area contributed by atoms with Crippen molar-refractivity contribution in [2.75, 3.05) is 27.2 Å². The minimum atomic E-state index is 0.475. The number of hydrogen-bond donors (Lipinski definition) is 1. The highest BCUT2D eigenvalue weighted by atomic mass is 16.5. The fourth-order valence-electron chi connectivity index (χ4n) is 1.65. The van der Waals surface area contributed by atoms with Crippen LogP contribution in [0.15, 0.2) is 0 Å². The van der Waals surface area contributed by atoms with E-state index < -0.39 is 0 Å². The van der Waals surface area contributed by atoms with Crippen LogP contribution in [-0.4, -0.2) is 41.9 Å². The van der Waals surface area contributed by atoms with Crippen molar-refractivity contribution in [2.45, 2.75) is 19.9 Å². The van der Waals surface area contributed by atoms with Gasteiger partial charge < -0.3 is 15.4 Å². The summed E-state index contributed by atoms with van der Waals surface area (Å²) in [5.41, 5.74) is 7.63. The molecule has 0 saturated heterocycles. The Morgan fingerprint density at radius 2 is 2.12 bits per heavy atom. The topological polar surface area (TPSA) is 56.3 Å². The smallest absolute Gasteiger partial charge is 0.216 e. The SMILES string of the molecule is Cc1nn(C)c(OCCCN(C)C)c1CN. The summed E-state index contributed by atoms with van der Waals surface area (Å²) in [4.78, 5) is 2.14. The summed E-state index contributed by atoms with van der Waals surface area (Å²) in [5.74, 6) is 0.804. The van der Waals surface area contributed by atoms with Crippen LogP contribution < -0.4 is 10.5 Å². The minimum absolute atomic E-state index is 0.475. The van der Waals surface area contributed by atoms with E-state index in [4.69, 9.17) is 10.5 Å². The lowest BCUT2D eigenvalue weighted by molar-refractivity contribution is 0.260. The average molecular weight is 226 g/mol. The summed E-state index contributed by atoms with van der Waals surface area (Å²) in [6.07, 6.45) is 1.00. The van der Waals surface area contributed by atoms with E-state index in [2.05, 4.69) is 24.1 Å². The van der Waals surface area contributed by atoms with Crippen molar-refractivity contribution in [3.05, 3.63) is 11.3 Å². The molecule has 0 bridgehead atoms. The lowest BCUT2D eigenvalue weighted by atomic mass is 10.2. The van der Waals surface area contributed by atoms with Gasteiger partial charge in [-0.3, -0.25) is 0 Å². The van der Waals surface area contributed by atoms with Gasteiger partial charge in [0.1, 0.15) is 0 Å². The van der Waals surface area contributed by atoms with Crippen LogP contribution in [-0.2, 0) is 13.6 Å². The molecule has 0 radical (unpaired) electrons. The minimum Gasteiger partial charge on any atom is -0.478 e. The molecule has 0 aliphatic heterocycles. The Morgan fingerprint density at radius 3 is 2.69 bits per heavy atom. The van der Waals surface area contributed by atoms with E-state index in [1.165, 1.54) is 0 Å². The molecule has 1 aromatic heterocycles. The molecule has 5 heteroatoms. The van der Waals surface area contributed by atoms with Gasteiger partial charge in [-0.15, -0.1) is 0 Å². The fraction of sp³-hybridized carbons (Fsp3) is 0.727. The number of ether oxygens (including phenoxy) is 1. The monoisotopic (exact) mass is 226 g/mol. The standard InChI is InChI=1S/C11H22N4O/c1-9-10(8-12)11(15(4)13-9)16-7-5-6-14(2)3/h5-8,12H2,1-4H3. The Hall–Kier alpha value is -1.07. The summed E-state index contributed by atoms with van der Waals surface area (Å²) in [7, 11) is 5.99. The van der Waals surface area contributed by atoms with Gasteiger partial charge >= 0.3 is 0 Å². The zero-order valence-electron chi connectivity index (χ0n) is 10.7. The van der Waals surface area contributed by atoms with Gasteiger partial charge in [-0.25, -0.2) is 4.68 Å². The number of aryl methyl sites for hydroxylation is 2. The van der Waals surface area contributed by atoms with Crippen LogP contribution in [0.4, 0.5) is 0 Å². The zero-order chi connectivity index (χ0) is 12.1. The van der Waals surface area contributed by atoms with Gasteiger partial charge in [0.25, 0.3) is 0 Å². The van der Waals surface area contributed by atoms with E-state index in [1.807, 2.05) is 14.0 Å². The number of aromatic nitrogens is 2. The van der Waals surface area contributed by atoms with E-state index >= 15 is 0 Å². The zero-order valence-corrected chi connectivity index (χ0v) is 10.7. The van der Waals surface area contributed by atoms with E-state index in [0.717, 1.165) is 30.1 Å². The molecule has 0 fully saturated rings. The first-order valence-corrected chi connectivity index (χ1v) is 5.56. The van der Waals surface area contributed by atoms with Gasteiger partial charge in [0.15, 0.2) is 0 Å². The third kappa shape index (κ3) is 3.21. The first kappa shape index (κ1) is 13.0. The predicted molar refractivity (Wildman–Crippen MR) is 64.5 cm³/mol. The molecule has 2 N–H and O–H groups in total. The molecule has 0 atom stereocenters. The number of nitrogens with zero attached hydrogens (tertiary/aromatic N) is 3. The summed E-state index contributed by atoms with van der Waals surface area (Å²) in [6.45, 7) is 4.15. The Morgan fingerprint density at radius 1 is 1.44 bits per heavy atom. The first-order valence-electron chi connectivity index (χ1n) is 5.56. The Bertz CT molecular complexity index is 333. The number of rotatable bonds is 6. The predicted octanol–water partition coefficient (Wildman–Crippen LogP) is 0.518. The second-order valence-electron chi connectivity index (χ2n) is 4.20. The highest BCUT2D eigenvalue weighted by Crippen LogP contribution is 2.20. The lowest BCUT2D eigenvalue weighted by Crippen LogP contribution is -2.16. The molecular weight excluding hydrogens is 204 g/mol. The molecule has 5 nitrogen and oxygen atoms in total. The van der Waals surface area contributed by atoms with Crippen molar-refractivity contribution in [3.8, 4) is 5.88 Å². The molecule has 1 aromatic rings. The van der Waals surface area contributed by atoms with Gasteiger partial charge in [-0.05, 0) is 27.4 Å². The molecule has 0 spiro atoms. The number of hydrogen-bond acceptors (Lipinski definition) is 4. The van der Waals surface area contributed by atoms with E-state index in [9.17, 15) is 0 Å². The van der Waals surface area contributed by atoms with Crippen LogP contribution in [0, 0.1) is 6.92 Å². The van der Waals surface area contributed by atoms with E-state index in [-0.39, 0.29) is 0 Å². The molecule has 16 heavy (non-hydrogen) atoms. The van der Waals surface area contributed by atoms with Gasteiger partial charge in [0, 0.05) is 20.1 Å². The maximum atomic E-state index is 5.72. The molecule has 0 aliphatic rings. The Labute approximate surface area is 97.2 Å². The first-order chi connectivity index (χ1) is 7.56. The normalized spacial score (nSPS) is 11.1. The highest BCUT2D eigenvalue weighted by molar-refractivity contribution is 5.30. The summed E-state index contributed by atoms with van der Waals surface area (Å²) < 4.78 is 7.48. The van der Waals surface area contributed by atoms with Gasteiger partial charge in [0.2, 0.25) is 5.88 Å². The highest BCUT2D eigenvalue weighted by Gasteiger charge is 2.12. The summed E-state index contributed by atoms with van der Waals surface area (Å²) in [6, 6.07) is 0. The average Bonchev–Trinajstić information content (AvgIpc) is 2.47. The van der Waals surface area contributed by atoms with Crippen LogP contribution in [0.1, 0.15) is 17.7 Å². The number of nitrogens with two attached hydrogens (primary N) is 1. The fourth-order valence-corrected chi connectivity index (χ4v) is 1.65. The van der Waals surface area contributed by atoms with Crippen LogP contribution in [0.25, 0.3) is 0 Å². The molecule has 1 rings (SSSR count). The van der Waals surface area contributed by atoms with Gasteiger partial charge in [-0.2, -0.15) is 5.10 Å². The molecule has 0 amide bonds. The van der Waals surface area contributed by atoms with Crippen molar-refractivity contribution in [2.24, 2.45) is 12.8 Å².